The van der Waals surface area contributed by atoms with Gasteiger partial charge in [-0.05, 0) is 32.9 Å². The zero-order valence-electron chi connectivity index (χ0n) is 13.9. The number of thioether (sulfide) groups is 1. The Balaban J connectivity index is 1.84. The first-order valence-corrected chi connectivity index (χ1v) is 9.63. The molecule has 0 amide bonds. The smallest absolute Gasteiger partial charge is 0.191 e. The number of guanidine groups is 1. The van der Waals surface area contributed by atoms with Crippen molar-refractivity contribution >= 4 is 29.1 Å². The van der Waals surface area contributed by atoms with Crippen LogP contribution in [0.25, 0.3) is 0 Å². The van der Waals surface area contributed by atoms with Gasteiger partial charge in [0.05, 0.1) is 12.2 Å². The average molecular weight is 343 g/mol. The summed E-state index contributed by atoms with van der Waals surface area (Å²) in [5.41, 5.74) is 1.12. The second kappa shape index (κ2) is 8.17. The topological polar surface area (TPSA) is 58.5 Å². The Kier molecular flexibility index (Phi) is 6.52. The number of thiazole rings is 1. The highest BCUT2D eigenvalue weighted by molar-refractivity contribution is 8.00. The fourth-order valence-corrected chi connectivity index (χ4v) is 4.10. The molecule has 5 nitrogen and oxygen atoms in total. The Morgan fingerprint density at radius 2 is 2.09 bits per heavy atom. The number of nitrogens with zero attached hydrogens (tertiary/aromatic N) is 2. The molecule has 2 rings (SSSR count). The molecule has 1 aromatic heterocycles. The van der Waals surface area contributed by atoms with Crippen LogP contribution in [0.5, 0.6) is 0 Å². The molecule has 2 N–H and O–H groups in total. The molecule has 0 aliphatic carbocycles. The first-order chi connectivity index (χ1) is 10.6. The van der Waals surface area contributed by atoms with Gasteiger partial charge in [-0.2, -0.15) is 11.8 Å². The summed E-state index contributed by atoms with van der Waals surface area (Å²) in [6.45, 7) is 7.49. The van der Waals surface area contributed by atoms with Crippen molar-refractivity contribution in [2.24, 2.45) is 4.99 Å². The summed E-state index contributed by atoms with van der Waals surface area (Å²) in [6, 6.07) is 0. The molecule has 124 valence electrons. The van der Waals surface area contributed by atoms with Gasteiger partial charge in [0, 0.05) is 36.4 Å². The lowest BCUT2D eigenvalue weighted by Crippen LogP contribution is -2.47. The molecule has 1 aliphatic heterocycles. The van der Waals surface area contributed by atoms with Crippen molar-refractivity contribution in [2.75, 3.05) is 33.1 Å². The number of aliphatic imine (C=N–C) groups is 1. The van der Waals surface area contributed by atoms with Gasteiger partial charge >= 0.3 is 0 Å². The van der Waals surface area contributed by atoms with Crippen molar-refractivity contribution in [1.82, 2.24) is 15.6 Å². The largest absolute Gasteiger partial charge is 0.381 e. The summed E-state index contributed by atoms with van der Waals surface area (Å²) in [5, 5.41) is 7.92. The van der Waals surface area contributed by atoms with Gasteiger partial charge < -0.3 is 15.4 Å². The minimum absolute atomic E-state index is 0.254. The predicted molar refractivity (Wildman–Crippen MR) is 96.1 cm³/mol. The molecule has 0 spiro atoms. The van der Waals surface area contributed by atoms with E-state index in [1.54, 1.807) is 11.3 Å². The second-order valence-electron chi connectivity index (χ2n) is 5.53. The minimum atomic E-state index is 0.254. The Hall–Kier alpha value is -0.790. The number of aromatic nitrogens is 1. The Morgan fingerprint density at radius 1 is 1.36 bits per heavy atom. The van der Waals surface area contributed by atoms with Gasteiger partial charge in [0.1, 0.15) is 5.01 Å². The van der Waals surface area contributed by atoms with Crippen LogP contribution in [0.4, 0.5) is 0 Å². The summed E-state index contributed by atoms with van der Waals surface area (Å²) in [4.78, 5) is 10.1. The maximum absolute atomic E-state index is 5.48. The van der Waals surface area contributed by atoms with E-state index in [1.165, 1.54) is 4.88 Å². The molecule has 0 saturated carbocycles. The highest BCUT2D eigenvalue weighted by Crippen LogP contribution is 2.32. The molecule has 0 bridgehead atoms. The van der Waals surface area contributed by atoms with Crippen molar-refractivity contribution in [2.45, 2.75) is 38.0 Å². The molecule has 0 radical (unpaired) electrons. The molecular formula is C15H26N4OS2. The highest BCUT2D eigenvalue weighted by atomic mass is 32.2. The van der Waals surface area contributed by atoms with Crippen LogP contribution in [-0.2, 0) is 11.3 Å². The summed E-state index contributed by atoms with van der Waals surface area (Å²) in [6.07, 6.45) is 4.36. The van der Waals surface area contributed by atoms with E-state index in [0.717, 1.165) is 49.3 Å². The number of hydrogen-bond donors (Lipinski definition) is 2. The number of ether oxygens (including phenoxy) is 1. The monoisotopic (exact) mass is 342 g/mol. The van der Waals surface area contributed by atoms with E-state index in [9.17, 15) is 0 Å². The SMILES string of the molecule is CN=C(NCc1nc(C)c(C)s1)NCC1(SC)CCOCC1. The van der Waals surface area contributed by atoms with Gasteiger partial charge in [-0.3, -0.25) is 4.99 Å². The van der Waals surface area contributed by atoms with E-state index < -0.39 is 0 Å². The second-order valence-corrected chi connectivity index (χ2v) is 8.09. The van der Waals surface area contributed by atoms with Gasteiger partial charge in [0.25, 0.3) is 0 Å². The molecule has 7 heteroatoms. The van der Waals surface area contributed by atoms with E-state index in [-0.39, 0.29) is 4.75 Å². The highest BCUT2D eigenvalue weighted by Gasteiger charge is 2.31. The Morgan fingerprint density at radius 3 is 2.64 bits per heavy atom. The van der Waals surface area contributed by atoms with Crippen molar-refractivity contribution in [1.29, 1.82) is 0 Å². The number of aryl methyl sites for hydroxylation is 2. The molecule has 1 aromatic rings. The molecular weight excluding hydrogens is 316 g/mol. The molecule has 1 aliphatic rings. The maximum atomic E-state index is 5.48. The predicted octanol–water partition coefficient (Wildman–Crippen LogP) is 2.34. The minimum Gasteiger partial charge on any atom is -0.381 e. The fourth-order valence-electron chi connectivity index (χ4n) is 2.44. The van der Waals surface area contributed by atoms with E-state index in [2.05, 4.69) is 40.7 Å². The van der Waals surface area contributed by atoms with Crippen LogP contribution in [0.1, 0.15) is 28.4 Å². The third-order valence-electron chi connectivity index (χ3n) is 4.12. The van der Waals surface area contributed by atoms with E-state index in [0.29, 0.717) is 6.54 Å². The number of hydrogen-bond acceptors (Lipinski definition) is 5. The van der Waals surface area contributed by atoms with E-state index in [1.807, 2.05) is 18.8 Å². The summed E-state index contributed by atoms with van der Waals surface area (Å²) >= 11 is 3.67. The van der Waals surface area contributed by atoms with Crippen LogP contribution in [0.15, 0.2) is 4.99 Å². The molecule has 1 fully saturated rings. The van der Waals surface area contributed by atoms with Gasteiger partial charge in [0.2, 0.25) is 0 Å². The Labute approximate surface area is 141 Å². The lowest BCUT2D eigenvalue weighted by atomic mass is 9.99. The number of nitrogens with one attached hydrogen (secondary N) is 2. The maximum Gasteiger partial charge on any atom is 0.191 e. The normalized spacial score (nSPS) is 18.3. The molecule has 22 heavy (non-hydrogen) atoms. The summed E-state index contributed by atoms with van der Waals surface area (Å²) in [5.74, 6) is 0.838. The van der Waals surface area contributed by atoms with Gasteiger partial charge in [-0.15, -0.1) is 11.3 Å². The molecule has 2 heterocycles. The molecule has 1 saturated heterocycles. The van der Waals surface area contributed by atoms with Crippen LogP contribution in [0.2, 0.25) is 0 Å². The van der Waals surface area contributed by atoms with Crippen LogP contribution in [-0.4, -0.2) is 48.8 Å². The van der Waals surface area contributed by atoms with Gasteiger partial charge in [0.15, 0.2) is 5.96 Å². The lowest BCUT2D eigenvalue weighted by molar-refractivity contribution is 0.0783. The standard InChI is InChI=1S/C15H26N4OS2/c1-11-12(2)22-13(19-11)9-17-14(16-3)18-10-15(21-4)5-7-20-8-6-15/h5-10H2,1-4H3,(H2,16,17,18). The fraction of sp³-hybridized carbons (Fsp3) is 0.733. The zero-order valence-corrected chi connectivity index (χ0v) is 15.5. The molecule has 0 aromatic carbocycles. The van der Waals surface area contributed by atoms with Gasteiger partial charge in [-0.1, -0.05) is 0 Å². The Bertz CT molecular complexity index is 490. The molecule has 0 atom stereocenters. The van der Waals surface area contributed by atoms with Crippen molar-refractivity contribution < 1.29 is 4.74 Å². The third kappa shape index (κ3) is 4.60. The number of rotatable bonds is 5. The van der Waals surface area contributed by atoms with E-state index in [4.69, 9.17) is 4.74 Å². The zero-order chi connectivity index (χ0) is 16.0. The van der Waals surface area contributed by atoms with Crippen molar-refractivity contribution in [3.8, 4) is 0 Å². The quantitative estimate of drug-likeness (QED) is 0.635. The van der Waals surface area contributed by atoms with Gasteiger partial charge in [-0.25, -0.2) is 4.98 Å². The molecule has 0 unspecified atom stereocenters. The first kappa shape index (κ1) is 17.6. The van der Waals surface area contributed by atoms with Crippen LogP contribution < -0.4 is 10.6 Å². The first-order valence-electron chi connectivity index (χ1n) is 7.59. The third-order valence-corrected chi connectivity index (χ3v) is 6.61. The van der Waals surface area contributed by atoms with Crippen LogP contribution in [0, 0.1) is 13.8 Å². The average Bonchev–Trinajstić information content (AvgIpc) is 2.87. The van der Waals surface area contributed by atoms with Crippen molar-refractivity contribution in [3.05, 3.63) is 15.6 Å². The van der Waals surface area contributed by atoms with Crippen LogP contribution in [0.3, 0.4) is 0 Å². The summed E-state index contributed by atoms with van der Waals surface area (Å²) in [7, 11) is 1.81. The van der Waals surface area contributed by atoms with Crippen LogP contribution >= 0.6 is 23.1 Å². The van der Waals surface area contributed by atoms with Crippen molar-refractivity contribution in [3.63, 3.8) is 0 Å². The lowest BCUT2D eigenvalue weighted by Gasteiger charge is -2.36. The van der Waals surface area contributed by atoms with E-state index >= 15 is 0 Å². The summed E-state index contributed by atoms with van der Waals surface area (Å²) < 4.78 is 5.74.